The molecule has 21 heavy (non-hydrogen) atoms. The quantitative estimate of drug-likeness (QED) is 0.650. The van der Waals surface area contributed by atoms with Crippen LogP contribution in [0.3, 0.4) is 0 Å². The van der Waals surface area contributed by atoms with E-state index in [1.807, 2.05) is 0 Å². The molecule has 0 spiro atoms. The SMILES string of the molecule is CCCc1cccc(C#Cc2ccc(C(C)(C)C)cc2)c1. The highest BCUT2D eigenvalue weighted by Crippen LogP contribution is 2.21. The third-order valence-electron chi connectivity index (χ3n) is 3.57. The lowest BCUT2D eigenvalue weighted by Crippen LogP contribution is -2.10. The molecule has 0 heteroatoms. The van der Waals surface area contributed by atoms with Crippen molar-refractivity contribution in [2.45, 2.75) is 46.0 Å². The molecule has 0 amide bonds. The topological polar surface area (TPSA) is 0 Å². The fourth-order valence-corrected chi connectivity index (χ4v) is 2.29. The third kappa shape index (κ3) is 4.50. The number of aryl methyl sites for hydroxylation is 1. The third-order valence-corrected chi connectivity index (χ3v) is 3.57. The fraction of sp³-hybridized carbons (Fsp3) is 0.333. The molecule has 0 heterocycles. The molecule has 0 N–H and O–H groups in total. The number of hydrogen-bond donors (Lipinski definition) is 0. The van der Waals surface area contributed by atoms with Crippen LogP contribution >= 0.6 is 0 Å². The van der Waals surface area contributed by atoms with Gasteiger partial charge in [0.15, 0.2) is 0 Å². The van der Waals surface area contributed by atoms with Crippen LogP contribution in [0.15, 0.2) is 48.5 Å². The number of rotatable bonds is 2. The number of hydrogen-bond acceptors (Lipinski definition) is 0. The summed E-state index contributed by atoms with van der Waals surface area (Å²) in [5, 5.41) is 0. The zero-order valence-electron chi connectivity index (χ0n) is 13.5. The van der Waals surface area contributed by atoms with Gasteiger partial charge in [-0.3, -0.25) is 0 Å². The van der Waals surface area contributed by atoms with Gasteiger partial charge in [-0.1, -0.05) is 70.2 Å². The minimum Gasteiger partial charge on any atom is -0.0651 e. The van der Waals surface area contributed by atoms with Crippen molar-refractivity contribution >= 4 is 0 Å². The molecule has 108 valence electrons. The monoisotopic (exact) mass is 276 g/mol. The molecule has 0 saturated carbocycles. The lowest BCUT2D eigenvalue weighted by molar-refractivity contribution is 0.590. The summed E-state index contributed by atoms with van der Waals surface area (Å²) >= 11 is 0. The second-order valence-electron chi connectivity index (χ2n) is 6.53. The Morgan fingerprint density at radius 1 is 0.857 bits per heavy atom. The van der Waals surface area contributed by atoms with Crippen LogP contribution in [0.4, 0.5) is 0 Å². The molecule has 0 bridgehead atoms. The van der Waals surface area contributed by atoms with E-state index in [0.717, 1.165) is 17.5 Å². The number of benzene rings is 2. The summed E-state index contributed by atoms with van der Waals surface area (Å²) in [5.74, 6) is 6.53. The Bertz CT molecular complexity index is 643. The van der Waals surface area contributed by atoms with Crippen molar-refractivity contribution in [2.75, 3.05) is 0 Å². The van der Waals surface area contributed by atoms with Crippen molar-refractivity contribution in [2.24, 2.45) is 0 Å². The molecule has 0 aromatic heterocycles. The molecule has 2 aromatic carbocycles. The lowest BCUT2D eigenvalue weighted by atomic mass is 9.87. The van der Waals surface area contributed by atoms with E-state index in [1.165, 1.54) is 17.5 Å². The molecule has 0 aliphatic rings. The zero-order chi connectivity index (χ0) is 15.3. The summed E-state index contributed by atoms with van der Waals surface area (Å²) in [5.41, 5.74) is 5.08. The first-order chi connectivity index (χ1) is 9.99. The van der Waals surface area contributed by atoms with Crippen LogP contribution in [0.2, 0.25) is 0 Å². The van der Waals surface area contributed by atoms with E-state index in [-0.39, 0.29) is 5.41 Å². The van der Waals surface area contributed by atoms with Gasteiger partial charge in [0.05, 0.1) is 0 Å². The normalized spacial score (nSPS) is 10.9. The predicted octanol–water partition coefficient (Wildman–Crippen LogP) is 5.34. The summed E-state index contributed by atoms with van der Waals surface area (Å²) in [6.45, 7) is 8.89. The average molecular weight is 276 g/mol. The largest absolute Gasteiger partial charge is 0.0651 e. The molecule has 0 saturated heterocycles. The van der Waals surface area contributed by atoms with Crippen molar-refractivity contribution in [3.8, 4) is 11.8 Å². The molecule has 0 radical (unpaired) electrons. The summed E-state index contributed by atoms with van der Waals surface area (Å²) in [6.07, 6.45) is 2.29. The Balaban J connectivity index is 2.17. The van der Waals surface area contributed by atoms with Gasteiger partial charge in [0.1, 0.15) is 0 Å². The predicted molar refractivity (Wildman–Crippen MR) is 91.6 cm³/mol. The Labute approximate surface area is 129 Å². The van der Waals surface area contributed by atoms with Crippen LogP contribution in [-0.2, 0) is 11.8 Å². The highest BCUT2D eigenvalue weighted by Gasteiger charge is 2.12. The molecular weight excluding hydrogens is 252 g/mol. The lowest BCUT2D eigenvalue weighted by Gasteiger charge is -2.18. The van der Waals surface area contributed by atoms with Crippen LogP contribution in [0.25, 0.3) is 0 Å². The molecule has 0 unspecified atom stereocenters. The smallest absolute Gasteiger partial charge is 0.0251 e. The fourth-order valence-electron chi connectivity index (χ4n) is 2.29. The zero-order valence-corrected chi connectivity index (χ0v) is 13.5. The molecule has 0 nitrogen and oxygen atoms in total. The standard InChI is InChI=1S/C21H24/c1-5-7-18-8-6-9-19(16-18)11-10-17-12-14-20(15-13-17)21(2,3)4/h6,8-9,12-16H,5,7H2,1-4H3. The van der Waals surface area contributed by atoms with Gasteiger partial charge < -0.3 is 0 Å². The van der Waals surface area contributed by atoms with E-state index in [1.54, 1.807) is 0 Å². The van der Waals surface area contributed by atoms with Crippen LogP contribution < -0.4 is 0 Å². The summed E-state index contributed by atoms with van der Waals surface area (Å²) in [7, 11) is 0. The molecule has 2 rings (SSSR count). The Kier molecular flexibility index (Phi) is 4.86. The van der Waals surface area contributed by atoms with Crippen molar-refractivity contribution in [3.63, 3.8) is 0 Å². The summed E-state index contributed by atoms with van der Waals surface area (Å²) in [6, 6.07) is 17.1. The van der Waals surface area contributed by atoms with Gasteiger partial charge in [0.2, 0.25) is 0 Å². The Hall–Kier alpha value is -2.00. The second kappa shape index (κ2) is 6.64. The van der Waals surface area contributed by atoms with E-state index in [9.17, 15) is 0 Å². The van der Waals surface area contributed by atoms with Gasteiger partial charge in [-0.15, -0.1) is 0 Å². The maximum absolute atomic E-state index is 3.27. The second-order valence-corrected chi connectivity index (χ2v) is 6.53. The maximum Gasteiger partial charge on any atom is 0.0251 e. The molecule has 2 aromatic rings. The molecular formula is C21H24. The van der Waals surface area contributed by atoms with E-state index < -0.39 is 0 Å². The first kappa shape index (κ1) is 15.4. The van der Waals surface area contributed by atoms with Crippen molar-refractivity contribution in [3.05, 3.63) is 70.8 Å². The first-order valence-electron chi connectivity index (χ1n) is 7.70. The average Bonchev–Trinajstić information content (AvgIpc) is 2.45. The van der Waals surface area contributed by atoms with Crippen molar-refractivity contribution in [1.82, 2.24) is 0 Å². The van der Waals surface area contributed by atoms with Crippen LogP contribution in [0.1, 0.15) is 56.4 Å². The Morgan fingerprint density at radius 3 is 2.14 bits per heavy atom. The first-order valence-corrected chi connectivity index (χ1v) is 7.70. The molecule has 0 aliphatic heterocycles. The highest BCUT2D eigenvalue weighted by atomic mass is 14.2. The van der Waals surface area contributed by atoms with Crippen LogP contribution in [-0.4, -0.2) is 0 Å². The van der Waals surface area contributed by atoms with Crippen LogP contribution in [0.5, 0.6) is 0 Å². The summed E-state index contributed by atoms with van der Waals surface area (Å²) in [4.78, 5) is 0. The molecule has 0 aliphatic carbocycles. The van der Waals surface area contributed by atoms with Gasteiger partial charge in [0.25, 0.3) is 0 Å². The minimum absolute atomic E-state index is 0.195. The van der Waals surface area contributed by atoms with E-state index in [2.05, 4.69) is 88.1 Å². The van der Waals surface area contributed by atoms with Gasteiger partial charge in [-0.2, -0.15) is 0 Å². The van der Waals surface area contributed by atoms with Gasteiger partial charge in [0, 0.05) is 11.1 Å². The Morgan fingerprint density at radius 2 is 1.52 bits per heavy atom. The van der Waals surface area contributed by atoms with Crippen molar-refractivity contribution < 1.29 is 0 Å². The van der Waals surface area contributed by atoms with Crippen molar-refractivity contribution in [1.29, 1.82) is 0 Å². The van der Waals surface area contributed by atoms with E-state index in [4.69, 9.17) is 0 Å². The minimum atomic E-state index is 0.195. The van der Waals surface area contributed by atoms with Gasteiger partial charge >= 0.3 is 0 Å². The van der Waals surface area contributed by atoms with Crippen LogP contribution in [0, 0.1) is 11.8 Å². The van der Waals surface area contributed by atoms with Gasteiger partial charge in [-0.05, 0) is 47.2 Å². The summed E-state index contributed by atoms with van der Waals surface area (Å²) < 4.78 is 0. The van der Waals surface area contributed by atoms with E-state index >= 15 is 0 Å². The van der Waals surface area contributed by atoms with Gasteiger partial charge in [-0.25, -0.2) is 0 Å². The highest BCUT2D eigenvalue weighted by molar-refractivity contribution is 5.45. The maximum atomic E-state index is 3.27. The van der Waals surface area contributed by atoms with E-state index in [0.29, 0.717) is 0 Å². The molecule has 0 atom stereocenters. The molecule has 0 fully saturated rings.